The Morgan fingerprint density at radius 1 is 1.10 bits per heavy atom. The quantitative estimate of drug-likeness (QED) is 0.447. The maximum absolute atomic E-state index is 12.2. The zero-order chi connectivity index (χ0) is 21.0. The number of nitrogens with zero attached hydrogens (tertiary/aromatic N) is 2. The van der Waals surface area contributed by atoms with Crippen LogP contribution in [0.25, 0.3) is 5.65 Å². The highest BCUT2D eigenvalue weighted by Gasteiger charge is 2.12. The molecule has 0 spiro atoms. The summed E-state index contributed by atoms with van der Waals surface area (Å²) in [5.74, 6) is -0.0891. The average molecular weight is 396 g/mol. The summed E-state index contributed by atoms with van der Waals surface area (Å²) in [6.45, 7) is 2.81. The number of hydrogen-bond acceptors (Lipinski definition) is 7. The van der Waals surface area contributed by atoms with E-state index < -0.39 is 5.97 Å². The van der Waals surface area contributed by atoms with Crippen molar-refractivity contribution < 1.29 is 23.8 Å². The van der Waals surface area contributed by atoms with E-state index in [9.17, 15) is 14.4 Å². The monoisotopic (exact) mass is 396 g/mol. The molecule has 0 amide bonds. The predicted octanol–water partition coefficient (Wildman–Crippen LogP) is 2.34. The molecule has 150 valence electrons. The van der Waals surface area contributed by atoms with Gasteiger partial charge in [-0.2, -0.15) is 0 Å². The number of rotatable bonds is 7. The summed E-state index contributed by atoms with van der Waals surface area (Å²) in [5.41, 5.74) is 1.97. The van der Waals surface area contributed by atoms with Crippen LogP contribution in [0.4, 0.5) is 0 Å². The number of fused-ring (bicyclic) bond motifs is 1. The molecule has 0 aliphatic rings. The topological polar surface area (TPSA) is 96.2 Å². The van der Waals surface area contributed by atoms with Crippen molar-refractivity contribution in [2.24, 2.45) is 0 Å². The third-order valence-electron chi connectivity index (χ3n) is 4.16. The maximum atomic E-state index is 12.2. The molecule has 1 aromatic carbocycles. The SMILES string of the molecule is COc1cc(C(C)=O)ccc1OCC(=O)OCc1cc(=O)n2cc(C)ccc2n1. The van der Waals surface area contributed by atoms with Crippen molar-refractivity contribution in [2.45, 2.75) is 20.5 Å². The van der Waals surface area contributed by atoms with Crippen molar-refractivity contribution in [3.8, 4) is 11.5 Å². The van der Waals surface area contributed by atoms with E-state index in [0.717, 1.165) is 5.56 Å². The lowest BCUT2D eigenvalue weighted by Gasteiger charge is -2.11. The van der Waals surface area contributed by atoms with Crippen LogP contribution in [-0.4, -0.2) is 34.9 Å². The van der Waals surface area contributed by atoms with E-state index in [2.05, 4.69) is 4.98 Å². The van der Waals surface area contributed by atoms with Crippen LogP contribution in [0.15, 0.2) is 47.4 Å². The number of benzene rings is 1. The highest BCUT2D eigenvalue weighted by Crippen LogP contribution is 2.28. The Labute approximate surface area is 166 Å². The van der Waals surface area contributed by atoms with Crippen molar-refractivity contribution in [1.29, 1.82) is 0 Å². The minimum absolute atomic E-state index is 0.108. The first kappa shape index (κ1) is 20.1. The van der Waals surface area contributed by atoms with Crippen LogP contribution in [0.1, 0.15) is 28.5 Å². The molecule has 2 aromatic heterocycles. The lowest BCUT2D eigenvalue weighted by atomic mass is 10.1. The number of ether oxygens (including phenoxy) is 3. The largest absolute Gasteiger partial charge is 0.493 e. The standard InChI is InChI=1S/C21H20N2O6/c1-13-4-7-19-22-16(9-20(25)23(19)10-13)11-29-21(26)12-28-17-6-5-15(14(2)24)8-18(17)27-3/h4-10H,11-12H2,1-3H3. The minimum Gasteiger partial charge on any atom is -0.493 e. The number of esters is 1. The number of methoxy groups -OCH3 is 1. The molecule has 0 saturated heterocycles. The molecule has 3 aromatic rings. The Kier molecular flexibility index (Phi) is 5.92. The molecule has 8 nitrogen and oxygen atoms in total. The van der Waals surface area contributed by atoms with Gasteiger partial charge in [-0.1, -0.05) is 6.07 Å². The second-order valence-corrected chi connectivity index (χ2v) is 6.39. The van der Waals surface area contributed by atoms with Crippen molar-refractivity contribution in [3.05, 3.63) is 69.8 Å². The fraction of sp³-hybridized carbons (Fsp3) is 0.238. The normalized spacial score (nSPS) is 10.6. The molecule has 8 heteroatoms. The Hall–Kier alpha value is -3.68. The first-order chi connectivity index (χ1) is 13.9. The van der Waals surface area contributed by atoms with Crippen LogP contribution >= 0.6 is 0 Å². The van der Waals surface area contributed by atoms with Crippen LogP contribution in [0, 0.1) is 6.92 Å². The number of pyridine rings is 1. The van der Waals surface area contributed by atoms with Crippen LogP contribution in [0.3, 0.4) is 0 Å². The van der Waals surface area contributed by atoms with Crippen LogP contribution in [-0.2, 0) is 16.1 Å². The lowest BCUT2D eigenvalue weighted by Crippen LogP contribution is -2.19. The van der Waals surface area contributed by atoms with Gasteiger partial charge >= 0.3 is 5.97 Å². The van der Waals surface area contributed by atoms with Gasteiger partial charge in [-0.3, -0.25) is 14.0 Å². The zero-order valence-electron chi connectivity index (χ0n) is 16.3. The van der Waals surface area contributed by atoms with Gasteiger partial charge in [0.25, 0.3) is 5.56 Å². The summed E-state index contributed by atoms with van der Waals surface area (Å²) in [6.07, 6.45) is 1.69. The molecule has 2 heterocycles. The fourth-order valence-electron chi connectivity index (χ4n) is 2.67. The number of aryl methyl sites for hydroxylation is 1. The number of carbonyl (C=O) groups excluding carboxylic acids is 2. The van der Waals surface area contributed by atoms with Gasteiger partial charge in [0.2, 0.25) is 0 Å². The van der Waals surface area contributed by atoms with Gasteiger partial charge in [0, 0.05) is 17.8 Å². The highest BCUT2D eigenvalue weighted by atomic mass is 16.6. The maximum Gasteiger partial charge on any atom is 0.344 e. The Morgan fingerprint density at radius 3 is 2.62 bits per heavy atom. The molecule has 29 heavy (non-hydrogen) atoms. The number of carbonyl (C=O) groups is 2. The van der Waals surface area contributed by atoms with Crippen LogP contribution < -0.4 is 15.0 Å². The van der Waals surface area contributed by atoms with Gasteiger partial charge < -0.3 is 14.2 Å². The molecule has 0 unspecified atom stereocenters. The van der Waals surface area contributed by atoms with E-state index in [1.54, 1.807) is 24.4 Å². The van der Waals surface area contributed by atoms with E-state index in [0.29, 0.717) is 28.4 Å². The Balaban J connectivity index is 1.62. The van der Waals surface area contributed by atoms with Crippen LogP contribution in [0.5, 0.6) is 11.5 Å². The number of ketones is 1. The minimum atomic E-state index is -0.631. The fourth-order valence-corrected chi connectivity index (χ4v) is 2.67. The third-order valence-corrected chi connectivity index (χ3v) is 4.16. The molecular weight excluding hydrogens is 376 g/mol. The molecule has 0 saturated carbocycles. The summed E-state index contributed by atoms with van der Waals surface area (Å²) in [4.78, 5) is 39.9. The molecule has 0 radical (unpaired) electrons. The Morgan fingerprint density at radius 2 is 1.90 bits per heavy atom. The van der Waals surface area contributed by atoms with Gasteiger partial charge in [-0.15, -0.1) is 0 Å². The summed E-state index contributed by atoms with van der Waals surface area (Å²) >= 11 is 0. The van der Waals surface area contributed by atoms with Gasteiger partial charge in [0.15, 0.2) is 23.9 Å². The van der Waals surface area contributed by atoms with E-state index in [-0.39, 0.29) is 24.6 Å². The number of Topliss-reactive ketones (excluding diaryl/α,β-unsaturated/α-hetero) is 1. The Bertz CT molecular complexity index is 1140. The number of hydrogen-bond donors (Lipinski definition) is 0. The van der Waals surface area contributed by atoms with E-state index in [1.807, 2.05) is 13.0 Å². The molecule has 0 N–H and O–H groups in total. The highest BCUT2D eigenvalue weighted by molar-refractivity contribution is 5.94. The predicted molar refractivity (Wildman–Crippen MR) is 104 cm³/mol. The second-order valence-electron chi connectivity index (χ2n) is 6.39. The van der Waals surface area contributed by atoms with Crippen molar-refractivity contribution >= 4 is 17.4 Å². The van der Waals surface area contributed by atoms with Crippen molar-refractivity contribution in [1.82, 2.24) is 9.38 Å². The summed E-state index contributed by atoms with van der Waals surface area (Å²) < 4.78 is 17.2. The summed E-state index contributed by atoms with van der Waals surface area (Å²) in [6, 6.07) is 9.57. The molecule has 0 aliphatic carbocycles. The van der Waals surface area contributed by atoms with Crippen molar-refractivity contribution in [2.75, 3.05) is 13.7 Å². The molecule has 3 rings (SSSR count). The molecule has 0 fully saturated rings. The first-order valence-electron chi connectivity index (χ1n) is 8.83. The smallest absolute Gasteiger partial charge is 0.344 e. The summed E-state index contributed by atoms with van der Waals surface area (Å²) in [5, 5.41) is 0. The average Bonchev–Trinajstić information content (AvgIpc) is 2.71. The van der Waals surface area contributed by atoms with Crippen molar-refractivity contribution in [3.63, 3.8) is 0 Å². The third kappa shape index (κ3) is 4.78. The summed E-state index contributed by atoms with van der Waals surface area (Å²) in [7, 11) is 1.44. The zero-order valence-corrected chi connectivity index (χ0v) is 16.3. The van der Waals surface area contributed by atoms with Gasteiger partial charge in [0.05, 0.1) is 12.8 Å². The molecular formula is C21H20N2O6. The van der Waals surface area contributed by atoms with E-state index in [4.69, 9.17) is 14.2 Å². The van der Waals surface area contributed by atoms with E-state index >= 15 is 0 Å². The van der Waals surface area contributed by atoms with Gasteiger partial charge in [0.1, 0.15) is 12.3 Å². The second kappa shape index (κ2) is 8.55. The molecule has 0 bridgehead atoms. The molecule has 0 atom stereocenters. The molecule has 0 aliphatic heterocycles. The van der Waals surface area contributed by atoms with E-state index in [1.165, 1.54) is 30.6 Å². The lowest BCUT2D eigenvalue weighted by molar-refractivity contribution is -0.147. The van der Waals surface area contributed by atoms with Gasteiger partial charge in [-0.05, 0) is 43.7 Å². The number of aromatic nitrogens is 2. The van der Waals surface area contributed by atoms with Gasteiger partial charge in [-0.25, -0.2) is 9.78 Å². The van der Waals surface area contributed by atoms with Crippen LogP contribution in [0.2, 0.25) is 0 Å². The first-order valence-corrected chi connectivity index (χ1v) is 8.83.